The number of benzene rings is 4. The van der Waals surface area contributed by atoms with Gasteiger partial charge < -0.3 is 0 Å². The van der Waals surface area contributed by atoms with Crippen LogP contribution >= 0.6 is 11.3 Å². The van der Waals surface area contributed by atoms with Crippen LogP contribution in [0.5, 0.6) is 0 Å². The van der Waals surface area contributed by atoms with Gasteiger partial charge in [0.25, 0.3) is 5.91 Å². The Morgan fingerprint density at radius 2 is 1.14 bits per heavy atom. The van der Waals surface area contributed by atoms with E-state index in [1.165, 1.54) is 11.3 Å². The molecule has 0 unspecified atom stereocenters. The number of carbonyl (C=O) groups excluding carboxylic acids is 1. The fraction of sp³-hybridized carbons (Fsp3) is 0.0323. The Balaban J connectivity index is 1.36. The van der Waals surface area contributed by atoms with Gasteiger partial charge in [-0.05, 0) is 25.1 Å². The highest BCUT2D eigenvalue weighted by atomic mass is 32.1. The van der Waals surface area contributed by atoms with Crippen LogP contribution in [0.15, 0.2) is 109 Å². The summed E-state index contributed by atoms with van der Waals surface area (Å²) in [4.78, 5) is 28.8. The first-order chi connectivity index (χ1) is 18.2. The number of rotatable bonds is 5. The molecule has 1 N–H and O–H groups in total. The van der Waals surface area contributed by atoms with Gasteiger partial charge in [-0.3, -0.25) is 10.1 Å². The molecule has 178 valence electrons. The third-order valence-electron chi connectivity index (χ3n) is 6.09. The zero-order valence-electron chi connectivity index (χ0n) is 20.1. The highest BCUT2D eigenvalue weighted by Crippen LogP contribution is 2.32. The van der Waals surface area contributed by atoms with Crippen LogP contribution in [0, 0.1) is 6.92 Å². The minimum Gasteiger partial charge on any atom is -0.298 e. The second-order valence-corrected chi connectivity index (χ2v) is 9.80. The van der Waals surface area contributed by atoms with Crippen LogP contribution in [-0.2, 0) is 0 Å². The summed E-state index contributed by atoms with van der Waals surface area (Å²) in [7, 11) is 0. The molecule has 6 rings (SSSR count). The smallest absolute Gasteiger partial charge is 0.257 e. The zero-order chi connectivity index (χ0) is 25.2. The normalized spacial score (nSPS) is 10.9. The number of hydrogen-bond donors (Lipinski definition) is 1. The summed E-state index contributed by atoms with van der Waals surface area (Å²) < 4.78 is 0. The van der Waals surface area contributed by atoms with Crippen LogP contribution in [0.25, 0.3) is 44.8 Å². The van der Waals surface area contributed by atoms with Crippen molar-refractivity contribution in [2.75, 3.05) is 5.32 Å². The summed E-state index contributed by atoms with van der Waals surface area (Å²) in [6, 6.07) is 35.4. The van der Waals surface area contributed by atoms with Crippen LogP contribution in [0.4, 0.5) is 5.13 Å². The minimum atomic E-state index is -0.231. The van der Waals surface area contributed by atoms with E-state index in [1.807, 2.05) is 104 Å². The molecule has 6 aromatic rings. The first-order valence-corrected chi connectivity index (χ1v) is 12.7. The number of hydrogen-bond acceptors (Lipinski definition) is 5. The van der Waals surface area contributed by atoms with Crippen LogP contribution in [0.1, 0.15) is 15.2 Å². The first-order valence-electron chi connectivity index (χ1n) is 11.9. The number of nitrogens with zero attached hydrogens (tertiary/aromatic N) is 3. The van der Waals surface area contributed by atoms with Gasteiger partial charge in [-0.25, -0.2) is 15.0 Å². The highest BCUT2D eigenvalue weighted by molar-refractivity contribution is 7.16. The molecule has 0 saturated heterocycles. The lowest BCUT2D eigenvalue weighted by atomic mass is 10.0. The van der Waals surface area contributed by atoms with Crippen LogP contribution in [0.3, 0.4) is 0 Å². The molecule has 37 heavy (non-hydrogen) atoms. The van der Waals surface area contributed by atoms with Gasteiger partial charge in [-0.2, -0.15) is 0 Å². The van der Waals surface area contributed by atoms with Crippen LogP contribution < -0.4 is 5.32 Å². The summed E-state index contributed by atoms with van der Waals surface area (Å²) >= 11 is 1.46. The molecule has 0 radical (unpaired) electrons. The average Bonchev–Trinajstić information content (AvgIpc) is 3.33. The standard InChI is InChI=1S/C31H22N4OS/c1-20-27(21-11-5-2-6-12-21)34-31(37-20)35-30(36)24-17-18-25-26(19-24)33-29(23-15-9-4-10-16-23)28(32-25)22-13-7-3-8-14-22/h2-19H,1H3,(H,34,35,36). The quantitative estimate of drug-likeness (QED) is 0.265. The molecule has 0 spiro atoms. The van der Waals surface area contributed by atoms with E-state index in [4.69, 9.17) is 9.97 Å². The molecule has 5 nitrogen and oxygen atoms in total. The van der Waals surface area contributed by atoms with Crippen molar-refractivity contribution >= 4 is 33.4 Å². The number of anilines is 1. The topological polar surface area (TPSA) is 67.8 Å². The Bertz CT molecular complexity index is 1720. The molecular weight excluding hydrogens is 476 g/mol. The van der Waals surface area contributed by atoms with Gasteiger partial charge in [0, 0.05) is 27.1 Å². The Labute approximate surface area is 218 Å². The molecule has 4 aromatic carbocycles. The van der Waals surface area contributed by atoms with Gasteiger partial charge in [0.1, 0.15) is 0 Å². The van der Waals surface area contributed by atoms with Gasteiger partial charge in [0.2, 0.25) is 0 Å². The molecule has 0 aliphatic carbocycles. The number of nitrogens with one attached hydrogen (secondary N) is 1. The van der Waals surface area contributed by atoms with Gasteiger partial charge in [0.05, 0.1) is 28.1 Å². The fourth-order valence-electron chi connectivity index (χ4n) is 4.27. The van der Waals surface area contributed by atoms with E-state index in [2.05, 4.69) is 10.3 Å². The molecule has 0 bridgehead atoms. The maximum absolute atomic E-state index is 13.2. The predicted molar refractivity (Wildman–Crippen MR) is 151 cm³/mol. The summed E-state index contributed by atoms with van der Waals surface area (Å²) in [6.45, 7) is 2.01. The molecule has 0 atom stereocenters. The molecule has 0 aliphatic rings. The zero-order valence-corrected chi connectivity index (χ0v) is 20.9. The van der Waals surface area contributed by atoms with Crippen molar-refractivity contribution < 1.29 is 4.79 Å². The maximum Gasteiger partial charge on any atom is 0.257 e. The molecule has 0 saturated carbocycles. The second kappa shape index (κ2) is 9.76. The maximum atomic E-state index is 13.2. The summed E-state index contributed by atoms with van der Waals surface area (Å²) in [5, 5.41) is 3.52. The molecule has 2 aromatic heterocycles. The lowest BCUT2D eigenvalue weighted by Gasteiger charge is -2.11. The Hall–Kier alpha value is -4.68. The van der Waals surface area contributed by atoms with E-state index in [0.717, 1.165) is 44.2 Å². The molecular formula is C31H22N4OS. The molecule has 0 aliphatic heterocycles. The predicted octanol–water partition coefficient (Wildman–Crippen LogP) is 7.65. The van der Waals surface area contributed by atoms with Crippen molar-refractivity contribution in [1.82, 2.24) is 15.0 Å². The summed E-state index contributed by atoms with van der Waals surface area (Å²) in [5.41, 5.74) is 7.35. The number of aromatic nitrogens is 3. The Kier molecular flexibility index (Phi) is 6.00. The van der Waals surface area contributed by atoms with Crippen molar-refractivity contribution in [1.29, 1.82) is 0 Å². The third-order valence-corrected chi connectivity index (χ3v) is 6.97. The summed E-state index contributed by atoms with van der Waals surface area (Å²) in [5.74, 6) is -0.231. The van der Waals surface area contributed by atoms with Crippen molar-refractivity contribution in [2.45, 2.75) is 6.92 Å². The lowest BCUT2D eigenvalue weighted by molar-refractivity contribution is 0.102. The van der Waals surface area contributed by atoms with E-state index in [9.17, 15) is 4.79 Å². The van der Waals surface area contributed by atoms with E-state index in [0.29, 0.717) is 16.2 Å². The largest absolute Gasteiger partial charge is 0.298 e. The van der Waals surface area contributed by atoms with E-state index >= 15 is 0 Å². The molecule has 6 heteroatoms. The van der Waals surface area contributed by atoms with Gasteiger partial charge in [-0.1, -0.05) is 91.0 Å². The second-order valence-electron chi connectivity index (χ2n) is 8.60. The van der Waals surface area contributed by atoms with Crippen LogP contribution in [0.2, 0.25) is 0 Å². The SMILES string of the molecule is Cc1sc(NC(=O)c2ccc3nc(-c4ccccc4)c(-c4ccccc4)nc3c2)nc1-c1ccccc1. The Morgan fingerprint density at radius 1 is 0.622 bits per heavy atom. The van der Waals surface area contributed by atoms with Crippen molar-refractivity contribution in [3.63, 3.8) is 0 Å². The van der Waals surface area contributed by atoms with Gasteiger partial charge in [-0.15, -0.1) is 11.3 Å². The number of thiazole rings is 1. The fourth-order valence-corrected chi connectivity index (χ4v) is 5.10. The van der Waals surface area contributed by atoms with E-state index in [1.54, 1.807) is 12.1 Å². The monoisotopic (exact) mass is 498 g/mol. The van der Waals surface area contributed by atoms with E-state index < -0.39 is 0 Å². The minimum absolute atomic E-state index is 0.231. The Morgan fingerprint density at radius 3 is 1.70 bits per heavy atom. The van der Waals surface area contributed by atoms with Gasteiger partial charge >= 0.3 is 0 Å². The van der Waals surface area contributed by atoms with Gasteiger partial charge in [0.15, 0.2) is 5.13 Å². The van der Waals surface area contributed by atoms with E-state index in [-0.39, 0.29) is 5.91 Å². The number of amides is 1. The van der Waals surface area contributed by atoms with Crippen molar-refractivity contribution in [2.24, 2.45) is 0 Å². The number of carbonyl (C=O) groups is 1. The van der Waals surface area contributed by atoms with Crippen LogP contribution in [-0.4, -0.2) is 20.9 Å². The first kappa shape index (κ1) is 22.8. The lowest BCUT2D eigenvalue weighted by Crippen LogP contribution is -2.11. The molecule has 2 heterocycles. The molecule has 0 fully saturated rings. The number of aryl methyl sites for hydroxylation is 1. The average molecular weight is 499 g/mol. The molecule has 1 amide bonds. The highest BCUT2D eigenvalue weighted by Gasteiger charge is 2.16. The summed E-state index contributed by atoms with van der Waals surface area (Å²) in [6.07, 6.45) is 0. The van der Waals surface area contributed by atoms with Crippen molar-refractivity contribution in [3.8, 4) is 33.8 Å². The van der Waals surface area contributed by atoms with Crippen molar-refractivity contribution in [3.05, 3.63) is 120 Å². The third kappa shape index (κ3) is 4.62. The number of fused-ring (bicyclic) bond motifs is 1.